The SMILES string of the molecule is CCCCCCCCCCCCOc1ccc(-c2ncc(OC(=O)CCCCCCCCCCC)cn2)cc1. The zero-order chi connectivity index (χ0) is 27.8. The van der Waals surface area contributed by atoms with Crippen LogP contribution >= 0.6 is 0 Å². The van der Waals surface area contributed by atoms with Crippen molar-refractivity contribution in [3.63, 3.8) is 0 Å². The molecule has 39 heavy (non-hydrogen) atoms. The maximum absolute atomic E-state index is 12.1. The van der Waals surface area contributed by atoms with E-state index in [9.17, 15) is 4.79 Å². The third kappa shape index (κ3) is 16.3. The molecule has 0 aliphatic carbocycles. The van der Waals surface area contributed by atoms with Crippen molar-refractivity contribution in [3.8, 4) is 22.9 Å². The summed E-state index contributed by atoms with van der Waals surface area (Å²) < 4.78 is 11.3. The van der Waals surface area contributed by atoms with E-state index in [1.165, 1.54) is 103 Å². The molecule has 218 valence electrons. The van der Waals surface area contributed by atoms with E-state index in [0.717, 1.165) is 37.2 Å². The Balaban J connectivity index is 1.55. The van der Waals surface area contributed by atoms with Crippen LogP contribution in [-0.4, -0.2) is 22.5 Å². The molecule has 0 radical (unpaired) electrons. The fourth-order valence-corrected chi connectivity index (χ4v) is 4.76. The Hall–Kier alpha value is -2.43. The lowest BCUT2D eigenvalue weighted by molar-refractivity contribution is -0.134. The summed E-state index contributed by atoms with van der Waals surface area (Å²) in [4.78, 5) is 20.9. The highest BCUT2D eigenvalue weighted by Gasteiger charge is 2.08. The second-order valence-corrected chi connectivity index (χ2v) is 10.8. The van der Waals surface area contributed by atoms with Gasteiger partial charge < -0.3 is 9.47 Å². The van der Waals surface area contributed by atoms with E-state index >= 15 is 0 Å². The summed E-state index contributed by atoms with van der Waals surface area (Å²) in [6.07, 6.45) is 27.9. The Bertz CT molecular complexity index is 852. The minimum atomic E-state index is -0.210. The molecule has 1 aromatic heterocycles. The quantitative estimate of drug-likeness (QED) is 0.0982. The minimum Gasteiger partial charge on any atom is -0.494 e. The average molecular weight is 539 g/mol. The highest BCUT2D eigenvalue weighted by molar-refractivity contribution is 5.72. The Morgan fingerprint density at radius 1 is 0.590 bits per heavy atom. The van der Waals surface area contributed by atoms with E-state index in [-0.39, 0.29) is 5.97 Å². The van der Waals surface area contributed by atoms with Crippen LogP contribution in [0.1, 0.15) is 142 Å². The van der Waals surface area contributed by atoms with Gasteiger partial charge in [-0.25, -0.2) is 9.97 Å². The maximum atomic E-state index is 12.1. The van der Waals surface area contributed by atoms with E-state index in [1.54, 1.807) is 12.4 Å². The Kier molecular flexibility index (Phi) is 18.8. The van der Waals surface area contributed by atoms with Gasteiger partial charge in [0.2, 0.25) is 0 Å². The predicted octanol–water partition coefficient (Wildman–Crippen LogP) is 10.3. The van der Waals surface area contributed by atoms with Gasteiger partial charge in [0, 0.05) is 12.0 Å². The van der Waals surface area contributed by atoms with Crippen molar-refractivity contribution in [1.82, 2.24) is 9.97 Å². The summed E-state index contributed by atoms with van der Waals surface area (Å²) in [5, 5.41) is 0. The average Bonchev–Trinajstić information content (AvgIpc) is 2.96. The lowest BCUT2D eigenvalue weighted by atomic mass is 10.1. The Morgan fingerprint density at radius 2 is 1.05 bits per heavy atom. The molecule has 2 aromatic rings. The predicted molar refractivity (Wildman–Crippen MR) is 162 cm³/mol. The van der Waals surface area contributed by atoms with Gasteiger partial charge in [0.1, 0.15) is 5.75 Å². The number of esters is 1. The maximum Gasteiger partial charge on any atom is 0.311 e. The smallest absolute Gasteiger partial charge is 0.311 e. The molecule has 0 amide bonds. The highest BCUT2D eigenvalue weighted by atomic mass is 16.5. The second kappa shape index (κ2) is 22.4. The fraction of sp³-hybridized carbons (Fsp3) is 0.676. The van der Waals surface area contributed by atoms with Gasteiger partial charge in [-0.1, -0.05) is 123 Å². The van der Waals surface area contributed by atoms with Gasteiger partial charge in [-0.05, 0) is 37.1 Å². The van der Waals surface area contributed by atoms with Crippen LogP contribution in [0, 0.1) is 0 Å². The zero-order valence-electron chi connectivity index (χ0n) is 24.9. The molecule has 0 spiro atoms. The molecule has 5 nitrogen and oxygen atoms in total. The zero-order valence-corrected chi connectivity index (χ0v) is 24.9. The summed E-state index contributed by atoms with van der Waals surface area (Å²) in [6, 6.07) is 7.87. The molecular formula is C34H54N2O3. The first kappa shape index (κ1) is 32.8. The van der Waals surface area contributed by atoms with Crippen LogP contribution in [0.4, 0.5) is 0 Å². The van der Waals surface area contributed by atoms with Crippen LogP contribution in [0.2, 0.25) is 0 Å². The van der Waals surface area contributed by atoms with Crippen molar-refractivity contribution in [2.75, 3.05) is 6.61 Å². The van der Waals surface area contributed by atoms with Gasteiger partial charge in [0.25, 0.3) is 0 Å². The molecule has 0 saturated carbocycles. The number of nitrogens with zero attached hydrogens (tertiary/aromatic N) is 2. The minimum absolute atomic E-state index is 0.210. The lowest BCUT2D eigenvalue weighted by Crippen LogP contribution is -2.08. The third-order valence-corrected chi connectivity index (χ3v) is 7.22. The summed E-state index contributed by atoms with van der Waals surface area (Å²) >= 11 is 0. The highest BCUT2D eigenvalue weighted by Crippen LogP contribution is 2.21. The van der Waals surface area contributed by atoms with Crippen molar-refractivity contribution in [3.05, 3.63) is 36.7 Å². The monoisotopic (exact) mass is 538 g/mol. The van der Waals surface area contributed by atoms with Crippen LogP contribution in [0.5, 0.6) is 11.5 Å². The first-order chi connectivity index (χ1) is 19.2. The normalized spacial score (nSPS) is 11.0. The lowest BCUT2D eigenvalue weighted by Gasteiger charge is -2.08. The van der Waals surface area contributed by atoms with Crippen LogP contribution < -0.4 is 9.47 Å². The van der Waals surface area contributed by atoms with Gasteiger partial charge in [0.15, 0.2) is 11.6 Å². The van der Waals surface area contributed by atoms with Gasteiger partial charge in [-0.3, -0.25) is 4.79 Å². The number of unbranched alkanes of at least 4 members (excludes halogenated alkanes) is 17. The second-order valence-electron chi connectivity index (χ2n) is 10.8. The van der Waals surface area contributed by atoms with Gasteiger partial charge >= 0.3 is 5.97 Å². The topological polar surface area (TPSA) is 61.3 Å². The summed E-state index contributed by atoms with van der Waals surface area (Å²) in [5.41, 5.74) is 0.911. The summed E-state index contributed by atoms with van der Waals surface area (Å²) in [6.45, 7) is 5.27. The Labute approximate surface area is 238 Å². The van der Waals surface area contributed by atoms with E-state index in [4.69, 9.17) is 9.47 Å². The molecule has 5 heteroatoms. The molecule has 2 rings (SSSR count). The summed E-state index contributed by atoms with van der Waals surface area (Å²) in [5.74, 6) is 1.67. The first-order valence-electron chi connectivity index (χ1n) is 16.0. The fourth-order valence-electron chi connectivity index (χ4n) is 4.76. The van der Waals surface area contributed by atoms with E-state index in [2.05, 4.69) is 23.8 Å². The standard InChI is InChI=1S/C34H54N2O3/c1-3-5-7-9-11-13-15-17-19-21-27-38-31-25-23-30(24-26-31)34-35-28-32(29-36-34)39-33(37)22-20-18-16-14-12-10-8-6-4-2/h23-26,28-29H,3-22,27H2,1-2H3. The first-order valence-corrected chi connectivity index (χ1v) is 16.0. The molecule has 0 unspecified atom stereocenters. The van der Waals surface area contributed by atoms with Crippen molar-refractivity contribution in [1.29, 1.82) is 0 Å². The largest absolute Gasteiger partial charge is 0.494 e. The van der Waals surface area contributed by atoms with Crippen LogP contribution in [0.25, 0.3) is 11.4 Å². The van der Waals surface area contributed by atoms with E-state index < -0.39 is 0 Å². The van der Waals surface area contributed by atoms with Gasteiger partial charge in [-0.2, -0.15) is 0 Å². The molecule has 0 N–H and O–H groups in total. The van der Waals surface area contributed by atoms with Gasteiger partial charge in [-0.15, -0.1) is 0 Å². The molecule has 1 aromatic carbocycles. The van der Waals surface area contributed by atoms with Crippen molar-refractivity contribution < 1.29 is 14.3 Å². The number of aromatic nitrogens is 2. The van der Waals surface area contributed by atoms with E-state index in [0.29, 0.717) is 18.0 Å². The van der Waals surface area contributed by atoms with E-state index in [1.807, 2.05) is 24.3 Å². The number of rotatable bonds is 24. The molecule has 0 fully saturated rings. The third-order valence-electron chi connectivity index (χ3n) is 7.22. The molecule has 0 bridgehead atoms. The molecule has 0 saturated heterocycles. The number of hydrogen-bond acceptors (Lipinski definition) is 5. The van der Waals surface area contributed by atoms with Crippen molar-refractivity contribution >= 4 is 5.97 Å². The Morgan fingerprint density at radius 3 is 1.56 bits per heavy atom. The van der Waals surface area contributed by atoms with Crippen molar-refractivity contribution in [2.24, 2.45) is 0 Å². The van der Waals surface area contributed by atoms with Crippen LogP contribution in [0.15, 0.2) is 36.7 Å². The van der Waals surface area contributed by atoms with Crippen LogP contribution in [-0.2, 0) is 4.79 Å². The summed E-state index contributed by atoms with van der Waals surface area (Å²) in [7, 11) is 0. The molecule has 0 aliphatic heterocycles. The molecular weight excluding hydrogens is 484 g/mol. The molecule has 0 aliphatic rings. The van der Waals surface area contributed by atoms with Gasteiger partial charge in [0.05, 0.1) is 19.0 Å². The number of carbonyl (C=O) groups excluding carboxylic acids is 1. The molecule has 1 heterocycles. The number of carbonyl (C=O) groups is 1. The number of ether oxygens (including phenoxy) is 2. The molecule has 0 atom stereocenters. The number of hydrogen-bond donors (Lipinski definition) is 0. The number of benzene rings is 1. The van der Waals surface area contributed by atoms with Crippen LogP contribution in [0.3, 0.4) is 0 Å². The van der Waals surface area contributed by atoms with Crippen molar-refractivity contribution in [2.45, 2.75) is 142 Å².